The van der Waals surface area contributed by atoms with Gasteiger partial charge in [0.25, 0.3) is 6.02 Å². The molecule has 3 N–H and O–H groups in total. The molecule has 0 aliphatic carbocycles. The second-order valence-electron chi connectivity index (χ2n) is 8.50. The summed E-state index contributed by atoms with van der Waals surface area (Å²) < 4.78 is 37.9. The molecule has 4 aliphatic heterocycles. The number of nitrogens with zero attached hydrogens (tertiary/aromatic N) is 2. The fraction of sp³-hybridized carbons (Fsp3) is 0.435. The minimum atomic E-state index is -4.67. The summed E-state index contributed by atoms with van der Waals surface area (Å²) >= 11 is 0. The maximum Gasteiger partial charge on any atom is 0.394 e. The number of hydrogen-bond donors (Lipinski definition) is 3. The van der Waals surface area contributed by atoms with E-state index in [-0.39, 0.29) is 12.1 Å². The van der Waals surface area contributed by atoms with E-state index in [4.69, 9.17) is 27.7 Å². The van der Waals surface area contributed by atoms with Gasteiger partial charge >= 0.3 is 10.4 Å². The Morgan fingerprint density at radius 1 is 0.969 bits per heavy atom. The molecule has 4 aliphatic rings. The fourth-order valence-electron chi connectivity index (χ4n) is 5.04. The zero-order chi connectivity index (χ0) is 22.7. The molecule has 2 aromatic rings. The summed E-state index contributed by atoms with van der Waals surface area (Å²) in [5, 5.41) is 8.81. The summed E-state index contributed by atoms with van der Waals surface area (Å²) in [6.45, 7) is 4.20. The van der Waals surface area contributed by atoms with Gasteiger partial charge < -0.3 is 9.64 Å². The van der Waals surface area contributed by atoms with Crippen LogP contribution < -0.4 is 0 Å². The predicted octanol–water partition coefficient (Wildman–Crippen LogP) is 3.03. The predicted molar refractivity (Wildman–Crippen MR) is 121 cm³/mol. The van der Waals surface area contributed by atoms with E-state index in [0.29, 0.717) is 11.9 Å². The van der Waals surface area contributed by atoms with Gasteiger partial charge in [0, 0.05) is 13.1 Å². The van der Waals surface area contributed by atoms with E-state index < -0.39 is 10.4 Å². The topological polar surface area (TPSA) is 114 Å². The number of nitrogens with one attached hydrogen (secondary N) is 1. The van der Waals surface area contributed by atoms with Crippen LogP contribution in [0, 0.1) is 11.3 Å². The van der Waals surface area contributed by atoms with E-state index in [1.807, 2.05) is 0 Å². The van der Waals surface area contributed by atoms with Crippen LogP contribution in [-0.4, -0.2) is 65.6 Å². The van der Waals surface area contributed by atoms with Gasteiger partial charge in [0.1, 0.15) is 6.10 Å². The SMILES string of the molecule is N=C(OC1CN2CCC1CC2)N1CCc2ccccc2C1c1ccccc1.O=S(=O)(O)O. The van der Waals surface area contributed by atoms with E-state index >= 15 is 0 Å². The number of fused-ring (bicyclic) bond motifs is 4. The third-order valence-electron chi connectivity index (χ3n) is 6.52. The molecule has 0 amide bonds. The summed E-state index contributed by atoms with van der Waals surface area (Å²) in [4.78, 5) is 4.65. The van der Waals surface area contributed by atoms with E-state index in [1.54, 1.807) is 0 Å². The summed E-state index contributed by atoms with van der Waals surface area (Å²) in [6.07, 6.45) is 3.56. The standard InChI is InChI=1S/C23H27N3O.H2O4S/c24-23(27-21-16-25-13-10-18(21)11-14-25)26-15-12-17-6-4-5-9-20(17)22(26)19-7-2-1-3-8-19;1-5(2,3)4/h1-9,18,21-22,24H,10-16H2;(H2,1,2,3,4). The Labute approximate surface area is 188 Å². The molecule has 9 heteroatoms. The van der Waals surface area contributed by atoms with Crippen molar-refractivity contribution in [1.82, 2.24) is 9.80 Å². The highest BCUT2D eigenvalue weighted by atomic mass is 32.3. The molecular weight excluding hydrogens is 430 g/mol. The lowest BCUT2D eigenvalue weighted by Gasteiger charge is -2.46. The monoisotopic (exact) mass is 459 g/mol. The Balaban J connectivity index is 0.000000444. The molecule has 0 aromatic heterocycles. The van der Waals surface area contributed by atoms with Crippen LogP contribution in [0.1, 0.15) is 35.6 Å². The number of amidine groups is 1. The van der Waals surface area contributed by atoms with Crippen molar-refractivity contribution in [3.8, 4) is 0 Å². The van der Waals surface area contributed by atoms with Crippen molar-refractivity contribution >= 4 is 16.4 Å². The minimum absolute atomic E-state index is 0.0599. The molecule has 8 nitrogen and oxygen atoms in total. The molecule has 0 saturated carbocycles. The van der Waals surface area contributed by atoms with Crippen molar-refractivity contribution in [3.63, 3.8) is 0 Å². The van der Waals surface area contributed by atoms with Gasteiger partial charge in [0.2, 0.25) is 0 Å². The Bertz CT molecular complexity index is 1030. The molecule has 172 valence electrons. The lowest BCUT2D eigenvalue weighted by Crippen LogP contribution is -2.53. The summed E-state index contributed by atoms with van der Waals surface area (Å²) in [7, 11) is -4.67. The van der Waals surface area contributed by atoms with Gasteiger partial charge in [0.15, 0.2) is 0 Å². The molecular formula is C23H29N3O5S. The van der Waals surface area contributed by atoms with Crippen LogP contribution in [0.5, 0.6) is 0 Å². The number of ether oxygens (including phenoxy) is 1. The molecule has 2 bridgehead atoms. The van der Waals surface area contributed by atoms with E-state index in [2.05, 4.69) is 64.4 Å². The van der Waals surface area contributed by atoms with Crippen molar-refractivity contribution in [3.05, 3.63) is 71.3 Å². The summed E-state index contributed by atoms with van der Waals surface area (Å²) in [5.74, 6) is 0.614. The van der Waals surface area contributed by atoms with Gasteiger partial charge in [0.05, 0.1) is 6.04 Å². The molecule has 0 radical (unpaired) electrons. The number of rotatable bonds is 2. The first-order valence-electron chi connectivity index (χ1n) is 10.9. The van der Waals surface area contributed by atoms with Crippen molar-refractivity contribution in [1.29, 1.82) is 5.41 Å². The quantitative estimate of drug-likeness (QED) is 0.359. The van der Waals surface area contributed by atoms with Crippen LogP contribution in [-0.2, 0) is 21.6 Å². The molecule has 0 spiro atoms. The van der Waals surface area contributed by atoms with Crippen LogP contribution in [0.4, 0.5) is 0 Å². The highest BCUT2D eigenvalue weighted by molar-refractivity contribution is 7.79. The van der Waals surface area contributed by atoms with E-state index in [1.165, 1.54) is 42.6 Å². The first-order chi connectivity index (χ1) is 15.3. The average molecular weight is 460 g/mol. The van der Waals surface area contributed by atoms with E-state index in [9.17, 15) is 0 Å². The van der Waals surface area contributed by atoms with Crippen molar-refractivity contribution in [2.75, 3.05) is 26.2 Å². The van der Waals surface area contributed by atoms with Crippen LogP contribution >= 0.6 is 0 Å². The minimum Gasteiger partial charge on any atom is -0.460 e. The maximum atomic E-state index is 8.81. The zero-order valence-corrected chi connectivity index (χ0v) is 18.6. The fourth-order valence-corrected chi connectivity index (χ4v) is 5.04. The first-order valence-corrected chi connectivity index (χ1v) is 12.3. The second kappa shape index (κ2) is 9.58. The molecule has 32 heavy (non-hydrogen) atoms. The van der Waals surface area contributed by atoms with Gasteiger partial charge in [-0.25, -0.2) is 0 Å². The highest BCUT2D eigenvalue weighted by Gasteiger charge is 2.38. The van der Waals surface area contributed by atoms with Gasteiger partial charge in [-0.1, -0.05) is 54.6 Å². The first kappa shape index (κ1) is 22.7. The van der Waals surface area contributed by atoms with E-state index in [0.717, 1.165) is 19.5 Å². The third kappa shape index (κ3) is 5.47. The normalized spacial score (nSPS) is 26.5. The second-order valence-corrected chi connectivity index (χ2v) is 9.40. The number of hydrogen-bond acceptors (Lipinski definition) is 5. The molecule has 6 rings (SSSR count). The zero-order valence-electron chi connectivity index (χ0n) is 17.8. The van der Waals surface area contributed by atoms with Gasteiger partial charge in [-0.2, -0.15) is 8.42 Å². The largest absolute Gasteiger partial charge is 0.460 e. The van der Waals surface area contributed by atoms with Gasteiger partial charge in [-0.15, -0.1) is 0 Å². The third-order valence-corrected chi connectivity index (χ3v) is 6.52. The Kier molecular flexibility index (Phi) is 6.80. The number of benzene rings is 2. The molecule has 4 heterocycles. The van der Waals surface area contributed by atoms with Gasteiger partial charge in [-0.05, 0) is 55.0 Å². The van der Waals surface area contributed by atoms with Crippen LogP contribution in [0.3, 0.4) is 0 Å². The van der Waals surface area contributed by atoms with Crippen LogP contribution in [0.15, 0.2) is 54.6 Å². The molecule has 3 saturated heterocycles. The van der Waals surface area contributed by atoms with Crippen LogP contribution in [0.2, 0.25) is 0 Å². The average Bonchev–Trinajstić information content (AvgIpc) is 2.78. The highest BCUT2D eigenvalue weighted by Crippen LogP contribution is 2.36. The summed E-state index contributed by atoms with van der Waals surface area (Å²) in [6, 6.07) is 19.6. The molecule has 2 unspecified atom stereocenters. The Hall–Kier alpha value is -2.46. The van der Waals surface area contributed by atoms with Crippen molar-refractivity contribution in [2.24, 2.45) is 5.92 Å². The maximum absolute atomic E-state index is 8.81. The van der Waals surface area contributed by atoms with Gasteiger partial charge in [-0.3, -0.25) is 19.4 Å². The lowest BCUT2D eigenvalue weighted by molar-refractivity contribution is -0.0256. The Morgan fingerprint density at radius 2 is 1.59 bits per heavy atom. The van der Waals surface area contributed by atoms with Crippen LogP contribution in [0.25, 0.3) is 0 Å². The lowest BCUT2D eigenvalue weighted by atomic mass is 9.86. The molecule has 3 fully saturated rings. The Morgan fingerprint density at radius 3 is 2.22 bits per heavy atom. The number of piperidine rings is 3. The molecule has 2 aromatic carbocycles. The van der Waals surface area contributed by atoms with Crippen molar-refractivity contribution < 1.29 is 22.3 Å². The molecule has 2 atom stereocenters. The van der Waals surface area contributed by atoms with Crippen molar-refractivity contribution in [2.45, 2.75) is 31.4 Å². The smallest absolute Gasteiger partial charge is 0.394 e. The summed E-state index contributed by atoms with van der Waals surface area (Å²) in [5.41, 5.74) is 3.92.